The van der Waals surface area contributed by atoms with Crippen molar-refractivity contribution in [2.45, 2.75) is 44.3 Å². The van der Waals surface area contributed by atoms with E-state index in [0.29, 0.717) is 17.1 Å². The number of halogens is 1. The number of rotatable bonds is 12. The van der Waals surface area contributed by atoms with Crippen LogP contribution in [0.2, 0.25) is 5.02 Å². The molecule has 0 aliphatic heterocycles. The van der Waals surface area contributed by atoms with E-state index in [1.165, 1.54) is 49.5 Å². The summed E-state index contributed by atoms with van der Waals surface area (Å²) in [5, 5.41) is 3.01. The standard InChI is InChI=1S/C29H34ClN3O6S/c1-20(2)31-29(35)21(3)32(18-22-10-9-11-24(16-22)38-4)28(34)19-33(23-14-15-27(39-5)26(30)17-23)40(36,37)25-12-7-6-8-13-25/h6-17,20-21H,18-19H2,1-5H3,(H,31,35)/t21-/m0/s1. The van der Waals surface area contributed by atoms with E-state index in [1.807, 2.05) is 13.8 Å². The average Bonchev–Trinajstić information content (AvgIpc) is 2.94. The highest BCUT2D eigenvalue weighted by atomic mass is 35.5. The fourth-order valence-electron chi connectivity index (χ4n) is 4.01. The van der Waals surface area contributed by atoms with Gasteiger partial charge in [0.15, 0.2) is 0 Å². The Morgan fingerprint density at radius 3 is 2.23 bits per heavy atom. The first-order valence-electron chi connectivity index (χ1n) is 12.6. The minimum absolute atomic E-state index is 0.000291. The summed E-state index contributed by atoms with van der Waals surface area (Å²) in [6.07, 6.45) is 0. The minimum Gasteiger partial charge on any atom is -0.497 e. The van der Waals surface area contributed by atoms with Gasteiger partial charge in [-0.05, 0) is 68.8 Å². The molecule has 3 aromatic carbocycles. The van der Waals surface area contributed by atoms with E-state index in [4.69, 9.17) is 21.1 Å². The van der Waals surface area contributed by atoms with Crippen molar-refractivity contribution in [2.75, 3.05) is 25.1 Å². The SMILES string of the molecule is COc1cccc(CN(C(=O)CN(c2ccc(OC)c(Cl)c2)S(=O)(=O)c2ccccc2)[C@@H](C)C(=O)NC(C)C)c1. The van der Waals surface area contributed by atoms with Crippen LogP contribution in [0.15, 0.2) is 77.7 Å². The van der Waals surface area contributed by atoms with Gasteiger partial charge in [0, 0.05) is 12.6 Å². The summed E-state index contributed by atoms with van der Waals surface area (Å²) in [6, 6.07) is 18.3. The van der Waals surface area contributed by atoms with Gasteiger partial charge in [0.05, 0.1) is 29.8 Å². The Morgan fingerprint density at radius 1 is 0.925 bits per heavy atom. The molecule has 3 rings (SSSR count). The highest BCUT2D eigenvalue weighted by Gasteiger charge is 2.33. The van der Waals surface area contributed by atoms with Crippen molar-refractivity contribution in [1.29, 1.82) is 0 Å². The molecule has 2 amide bonds. The lowest BCUT2D eigenvalue weighted by molar-refractivity contribution is -0.139. The van der Waals surface area contributed by atoms with Crippen molar-refractivity contribution >= 4 is 39.1 Å². The number of hydrogen-bond acceptors (Lipinski definition) is 6. The largest absolute Gasteiger partial charge is 0.497 e. The van der Waals surface area contributed by atoms with Crippen LogP contribution in [0.5, 0.6) is 11.5 Å². The van der Waals surface area contributed by atoms with Gasteiger partial charge in [-0.15, -0.1) is 0 Å². The van der Waals surface area contributed by atoms with Crippen LogP contribution in [0, 0.1) is 0 Å². The Kier molecular flexibility index (Phi) is 10.4. The average molecular weight is 588 g/mol. The molecule has 0 aliphatic carbocycles. The molecule has 0 saturated heterocycles. The first-order valence-corrected chi connectivity index (χ1v) is 14.4. The maximum Gasteiger partial charge on any atom is 0.264 e. The lowest BCUT2D eigenvalue weighted by Gasteiger charge is -2.32. The molecular formula is C29H34ClN3O6S. The molecule has 40 heavy (non-hydrogen) atoms. The van der Waals surface area contributed by atoms with Crippen molar-refractivity contribution in [2.24, 2.45) is 0 Å². The number of anilines is 1. The van der Waals surface area contributed by atoms with Gasteiger partial charge in [0.2, 0.25) is 11.8 Å². The monoisotopic (exact) mass is 587 g/mol. The van der Waals surface area contributed by atoms with Crippen molar-refractivity contribution in [3.63, 3.8) is 0 Å². The molecule has 0 bridgehead atoms. The van der Waals surface area contributed by atoms with Crippen LogP contribution >= 0.6 is 11.6 Å². The third-order valence-electron chi connectivity index (χ3n) is 6.12. The van der Waals surface area contributed by atoms with E-state index in [-0.39, 0.29) is 34.1 Å². The van der Waals surface area contributed by atoms with Crippen LogP contribution in [-0.2, 0) is 26.2 Å². The normalized spacial score (nSPS) is 12.0. The van der Waals surface area contributed by atoms with Crippen LogP contribution in [0.25, 0.3) is 0 Å². The molecule has 1 atom stereocenters. The first kappa shape index (κ1) is 30.8. The molecule has 0 aliphatic rings. The lowest BCUT2D eigenvalue weighted by Crippen LogP contribution is -2.52. The van der Waals surface area contributed by atoms with Crippen molar-refractivity contribution in [3.8, 4) is 11.5 Å². The Morgan fingerprint density at radius 2 is 1.62 bits per heavy atom. The van der Waals surface area contributed by atoms with Gasteiger partial charge in [-0.25, -0.2) is 8.42 Å². The zero-order chi connectivity index (χ0) is 29.4. The maximum atomic E-state index is 14.0. The molecular weight excluding hydrogens is 554 g/mol. The molecule has 0 heterocycles. The summed E-state index contributed by atoms with van der Waals surface area (Å²) in [5.74, 6) is -0.00495. The van der Waals surface area contributed by atoms with Gasteiger partial charge >= 0.3 is 0 Å². The predicted molar refractivity (Wildman–Crippen MR) is 155 cm³/mol. The summed E-state index contributed by atoms with van der Waals surface area (Å²) < 4.78 is 39.2. The molecule has 9 nitrogen and oxygen atoms in total. The first-order chi connectivity index (χ1) is 19.0. The molecule has 0 spiro atoms. The van der Waals surface area contributed by atoms with E-state index in [2.05, 4.69) is 5.32 Å². The Bertz CT molecular complexity index is 1430. The van der Waals surface area contributed by atoms with Gasteiger partial charge in [0.1, 0.15) is 24.1 Å². The third-order valence-corrected chi connectivity index (χ3v) is 8.20. The van der Waals surface area contributed by atoms with E-state index in [1.54, 1.807) is 49.4 Å². The quantitative estimate of drug-likeness (QED) is 0.335. The number of ether oxygens (including phenoxy) is 2. The van der Waals surface area contributed by atoms with E-state index in [0.717, 1.165) is 4.31 Å². The zero-order valence-corrected chi connectivity index (χ0v) is 24.7. The second-order valence-corrected chi connectivity index (χ2v) is 11.6. The van der Waals surface area contributed by atoms with Crippen LogP contribution < -0.4 is 19.1 Å². The van der Waals surface area contributed by atoms with Gasteiger partial charge in [-0.1, -0.05) is 41.9 Å². The third kappa shape index (κ3) is 7.45. The number of carbonyl (C=O) groups excluding carboxylic acids is 2. The number of nitrogens with zero attached hydrogens (tertiary/aromatic N) is 2. The number of nitrogens with one attached hydrogen (secondary N) is 1. The van der Waals surface area contributed by atoms with Gasteiger partial charge < -0.3 is 19.7 Å². The lowest BCUT2D eigenvalue weighted by atomic mass is 10.1. The van der Waals surface area contributed by atoms with Gasteiger partial charge in [-0.3, -0.25) is 13.9 Å². The highest BCUT2D eigenvalue weighted by molar-refractivity contribution is 7.92. The zero-order valence-electron chi connectivity index (χ0n) is 23.1. The Balaban J connectivity index is 2.06. The number of hydrogen-bond donors (Lipinski definition) is 1. The molecule has 11 heteroatoms. The van der Waals surface area contributed by atoms with E-state index in [9.17, 15) is 18.0 Å². The van der Waals surface area contributed by atoms with Crippen LogP contribution in [0.4, 0.5) is 5.69 Å². The fraction of sp³-hybridized carbons (Fsp3) is 0.310. The predicted octanol–water partition coefficient (Wildman–Crippen LogP) is 4.49. The van der Waals surface area contributed by atoms with Gasteiger partial charge in [-0.2, -0.15) is 0 Å². The molecule has 0 aromatic heterocycles. The number of carbonyl (C=O) groups is 2. The molecule has 0 saturated carbocycles. The number of benzene rings is 3. The topological polar surface area (TPSA) is 105 Å². The summed E-state index contributed by atoms with van der Waals surface area (Å²) in [5.41, 5.74) is 0.880. The molecule has 214 valence electrons. The van der Waals surface area contributed by atoms with Crippen molar-refractivity contribution < 1.29 is 27.5 Å². The van der Waals surface area contributed by atoms with Crippen LogP contribution in [0.1, 0.15) is 26.3 Å². The summed E-state index contributed by atoms with van der Waals surface area (Å²) in [6.45, 7) is 4.71. The molecule has 0 unspecified atom stereocenters. The summed E-state index contributed by atoms with van der Waals surface area (Å²) >= 11 is 6.34. The number of amides is 2. The minimum atomic E-state index is -4.20. The van der Waals surface area contributed by atoms with Crippen LogP contribution in [0.3, 0.4) is 0 Å². The van der Waals surface area contributed by atoms with Crippen molar-refractivity contribution in [3.05, 3.63) is 83.4 Å². The number of methoxy groups -OCH3 is 2. The Labute approximate surface area is 240 Å². The second-order valence-electron chi connectivity index (χ2n) is 9.36. The molecule has 0 radical (unpaired) electrons. The van der Waals surface area contributed by atoms with E-state index >= 15 is 0 Å². The molecule has 3 aromatic rings. The van der Waals surface area contributed by atoms with Crippen molar-refractivity contribution in [1.82, 2.24) is 10.2 Å². The number of sulfonamides is 1. The Hall–Kier alpha value is -3.76. The summed E-state index contributed by atoms with van der Waals surface area (Å²) in [4.78, 5) is 28.3. The molecule has 1 N–H and O–H groups in total. The molecule has 0 fully saturated rings. The van der Waals surface area contributed by atoms with Crippen LogP contribution in [-0.4, -0.2) is 58.0 Å². The fourth-order valence-corrected chi connectivity index (χ4v) is 5.69. The highest BCUT2D eigenvalue weighted by Crippen LogP contribution is 2.32. The maximum absolute atomic E-state index is 14.0. The second kappa shape index (κ2) is 13.5. The summed E-state index contributed by atoms with van der Waals surface area (Å²) in [7, 11) is -1.22. The van der Waals surface area contributed by atoms with E-state index < -0.39 is 28.5 Å². The van der Waals surface area contributed by atoms with Gasteiger partial charge in [0.25, 0.3) is 10.0 Å². The smallest absolute Gasteiger partial charge is 0.264 e.